The predicted molar refractivity (Wildman–Crippen MR) is 70.7 cm³/mol. The summed E-state index contributed by atoms with van der Waals surface area (Å²) in [5.41, 5.74) is 5.46. The van der Waals surface area contributed by atoms with Gasteiger partial charge in [-0.05, 0) is 32.6 Å². The van der Waals surface area contributed by atoms with E-state index in [2.05, 4.69) is 37.9 Å². The molecule has 1 saturated carbocycles. The van der Waals surface area contributed by atoms with Gasteiger partial charge >= 0.3 is 0 Å². The summed E-state index contributed by atoms with van der Waals surface area (Å²) < 4.78 is 0. The smallest absolute Gasteiger partial charge is 0.235 e. The van der Waals surface area contributed by atoms with Gasteiger partial charge in [0, 0.05) is 25.2 Å². The van der Waals surface area contributed by atoms with Crippen molar-refractivity contribution in [2.45, 2.75) is 58.7 Å². The molecule has 0 aromatic carbocycles. The zero-order valence-electron chi connectivity index (χ0n) is 11.6. The van der Waals surface area contributed by atoms with E-state index in [1.165, 1.54) is 12.8 Å². The molecule has 1 unspecified atom stereocenters. The van der Waals surface area contributed by atoms with Gasteiger partial charge in [0.2, 0.25) is 5.91 Å². The first-order valence-corrected chi connectivity index (χ1v) is 6.69. The van der Waals surface area contributed by atoms with Gasteiger partial charge in [0.15, 0.2) is 0 Å². The molecular formula is C13H27N3O. The van der Waals surface area contributed by atoms with E-state index in [0.29, 0.717) is 18.0 Å². The molecule has 4 nitrogen and oxygen atoms in total. The van der Waals surface area contributed by atoms with Crippen molar-refractivity contribution in [2.75, 3.05) is 13.1 Å². The fourth-order valence-electron chi connectivity index (χ4n) is 1.96. The number of carbonyl (C=O) groups excluding carboxylic acids is 1. The van der Waals surface area contributed by atoms with Crippen LogP contribution in [0.4, 0.5) is 0 Å². The average Bonchev–Trinajstić information content (AvgIpc) is 2.98. The Morgan fingerprint density at radius 1 is 1.29 bits per heavy atom. The topological polar surface area (TPSA) is 58.4 Å². The van der Waals surface area contributed by atoms with Crippen molar-refractivity contribution in [1.82, 2.24) is 10.2 Å². The first-order chi connectivity index (χ1) is 7.90. The number of carbonyl (C=O) groups is 1. The number of nitrogens with two attached hydrogens (primary N) is 1. The highest BCUT2D eigenvalue weighted by Gasteiger charge is 2.29. The lowest BCUT2D eigenvalue weighted by Crippen LogP contribution is -2.52. The molecule has 17 heavy (non-hydrogen) atoms. The van der Waals surface area contributed by atoms with Crippen LogP contribution in [0.1, 0.15) is 40.5 Å². The number of amides is 1. The van der Waals surface area contributed by atoms with Crippen LogP contribution in [-0.2, 0) is 4.79 Å². The van der Waals surface area contributed by atoms with Crippen molar-refractivity contribution in [1.29, 1.82) is 0 Å². The lowest BCUT2D eigenvalue weighted by Gasteiger charge is -2.31. The molecule has 0 bridgehead atoms. The van der Waals surface area contributed by atoms with E-state index in [9.17, 15) is 4.79 Å². The fraction of sp³-hybridized carbons (Fsp3) is 0.923. The van der Waals surface area contributed by atoms with Gasteiger partial charge in [-0.3, -0.25) is 9.69 Å². The summed E-state index contributed by atoms with van der Waals surface area (Å²) in [6.45, 7) is 10.5. The first-order valence-electron chi connectivity index (χ1n) is 6.69. The zero-order valence-corrected chi connectivity index (χ0v) is 11.6. The average molecular weight is 241 g/mol. The Balaban J connectivity index is 2.50. The minimum atomic E-state index is -0.230. The molecule has 0 aliphatic heterocycles. The van der Waals surface area contributed by atoms with Gasteiger partial charge in [-0.15, -0.1) is 0 Å². The molecule has 1 amide bonds. The highest BCUT2D eigenvalue weighted by molar-refractivity contribution is 5.80. The summed E-state index contributed by atoms with van der Waals surface area (Å²) >= 11 is 0. The third-order valence-corrected chi connectivity index (χ3v) is 3.10. The summed E-state index contributed by atoms with van der Waals surface area (Å²) in [7, 11) is 0. The van der Waals surface area contributed by atoms with Crippen LogP contribution in [0.2, 0.25) is 0 Å². The third-order valence-electron chi connectivity index (χ3n) is 3.10. The molecule has 0 spiro atoms. The summed E-state index contributed by atoms with van der Waals surface area (Å²) in [4.78, 5) is 13.8. The number of hydrogen-bond acceptors (Lipinski definition) is 3. The minimum Gasteiger partial charge on any atom is -0.368 e. The van der Waals surface area contributed by atoms with Crippen LogP contribution in [-0.4, -0.2) is 42.0 Å². The molecule has 1 atom stereocenters. The van der Waals surface area contributed by atoms with Gasteiger partial charge in [0.1, 0.15) is 0 Å². The van der Waals surface area contributed by atoms with Crippen molar-refractivity contribution in [3.8, 4) is 0 Å². The highest BCUT2D eigenvalue weighted by Crippen LogP contribution is 2.19. The SMILES string of the molecule is CC(C)CN(CC(NC1CC1)C(N)=O)C(C)C. The van der Waals surface area contributed by atoms with Crippen molar-refractivity contribution < 1.29 is 4.79 Å². The molecule has 1 aliphatic carbocycles. The Morgan fingerprint density at radius 2 is 1.88 bits per heavy atom. The molecule has 1 aliphatic rings. The van der Waals surface area contributed by atoms with E-state index in [1.54, 1.807) is 0 Å². The zero-order chi connectivity index (χ0) is 13.0. The molecule has 0 aromatic heterocycles. The van der Waals surface area contributed by atoms with Crippen LogP contribution >= 0.6 is 0 Å². The van der Waals surface area contributed by atoms with Crippen molar-refractivity contribution >= 4 is 5.91 Å². The van der Waals surface area contributed by atoms with Crippen molar-refractivity contribution in [3.05, 3.63) is 0 Å². The van der Waals surface area contributed by atoms with Gasteiger partial charge in [0.25, 0.3) is 0 Å². The molecule has 0 heterocycles. The number of nitrogens with one attached hydrogen (secondary N) is 1. The maximum Gasteiger partial charge on any atom is 0.235 e. The minimum absolute atomic E-state index is 0.205. The largest absolute Gasteiger partial charge is 0.368 e. The van der Waals surface area contributed by atoms with E-state index in [-0.39, 0.29) is 11.9 Å². The van der Waals surface area contributed by atoms with E-state index in [4.69, 9.17) is 5.73 Å². The second-order valence-corrected chi connectivity index (χ2v) is 5.84. The van der Waals surface area contributed by atoms with Gasteiger partial charge < -0.3 is 11.1 Å². The summed E-state index contributed by atoms with van der Waals surface area (Å²) in [6, 6.07) is 0.754. The van der Waals surface area contributed by atoms with Crippen LogP contribution in [0.25, 0.3) is 0 Å². The standard InChI is InChI=1S/C13H27N3O/c1-9(2)7-16(10(3)4)8-12(13(14)17)15-11-5-6-11/h9-12,15H,5-8H2,1-4H3,(H2,14,17). The number of nitrogens with zero attached hydrogens (tertiary/aromatic N) is 1. The number of hydrogen-bond donors (Lipinski definition) is 2. The lowest BCUT2D eigenvalue weighted by atomic mass is 10.1. The molecular weight excluding hydrogens is 214 g/mol. The highest BCUT2D eigenvalue weighted by atomic mass is 16.1. The number of primary amides is 1. The van der Waals surface area contributed by atoms with Crippen molar-refractivity contribution in [3.63, 3.8) is 0 Å². The Morgan fingerprint density at radius 3 is 2.24 bits per heavy atom. The fourth-order valence-corrected chi connectivity index (χ4v) is 1.96. The second-order valence-electron chi connectivity index (χ2n) is 5.84. The normalized spacial score (nSPS) is 18.1. The molecule has 4 heteroatoms. The van der Waals surface area contributed by atoms with Gasteiger partial charge in [-0.1, -0.05) is 13.8 Å². The van der Waals surface area contributed by atoms with Gasteiger partial charge in [-0.25, -0.2) is 0 Å². The summed E-state index contributed by atoms with van der Waals surface area (Å²) in [5, 5.41) is 3.33. The van der Waals surface area contributed by atoms with Crippen LogP contribution in [0.15, 0.2) is 0 Å². The Hall–Kier alpha value is -0.610. The maximum absolute atomic E-state index is 11.4. The molecule has 3 N–H and O–H groups in total. The Kier molecular flexibility index (Phi) is 5.40. The molecule has 0 saturated heterocycles. The lowest BCUT2D eigenvalue weighted by molar-refractivity contribution is -0.120. The van der Waals surface area contributed by atoms with Crippen LogP contribution in [0.5, 0.6) is 0 Å². The quantitative estimate of drug-likeness (QED) is 0.665. The van der Waals surface area contributed by atoms with E-state index in [0.717, 1.165) is 13.1 Å². The molecule has 0 radical (unpaired) electrons. The monoisotopic (exact) mass is 241 g/mol. The molecule has 100 valence electrons. The van der Waals surface area contributed by atoms with Crippen LogP contribution in [0, 0.1) is 5.92 Å². The first kappa shape index (κ1) is 14.5. The van der Waals surface area contributed by atoms with E-state index >= 15 is 0 Å². The Labute approximate surface area is 105 Å². The Bertz CT molecular complexity index is 249. The van der Waals surface area contributed by atoms with Gasteiger partial charge in [0.05, 0.1) is 6.04 Å². The maximum atomic E-state index is 11.4. The molecule has 1 rings (SSSR count). The molecule has 1 fully saturated rings. The van der Waals surface area contributed by atoms with Crippen LogP contribution < -0.4 is 11.1 Å². The van der Waals surface area contributed by atoms with Crippen molar-refractivity contribution in [2.24, 2.45) is 11.7 Å². The number of rotatable bonds is 8. The summed E-state index contributed by atoms with van der Waals surface area (Å²) in [5.74, 6) is 0.373. The van der Waals surface area contributed by atoms with Gasteiger partial charge in [-0.2, -0.15) is 0 Å². The van der Waals surface area contributed by atoms with Crippen LogP contribution in [0.3, 0.4) is 0 Å². The third kappa shape index (κ3) is 5.50. The predicted octanol–water partition coefficient (Wildman–Crippen LogP) is 0.959. The second kappa shape index (κ2) is 6.36. The summed E-state index contributed by atoms with van der Waals surface area (Å²) in [6.07, 6.45) is 2.35. The molecule has 0 aromatic rings. The van der Waals surface area contributed by atoms with E-state index < -0.39 is 0 Å². The van der Waals surface area contributed by atoms with E-state index in [1.807, 2.05) is 0 Å².